The number of amides is 2. The fourth-order valence-corrected chi connectivity index (χ4v) is 2.70. The first-order chi connectivity index (χ1) is 11.1. The van der Waals surface area contributed by atoms with Gasteiger partial charge in [-0.3, -0.25) is 4.98 Å². The summed E-state index contributed by atoms with van der Waals surface area (Å²) in [6, 6.07) is 6.59. The van der Waals surface area contributed by atoms with Gasteiger partial charge in [-0.2, -0.15) is 8.78 Å². The number of carbonyl (C=O) groups is 1. The molecule has 1 N–H and O–H groups in total. The average Bonchev–Trinajstić information content (AvgIpc) is 2.60. The molecule has 3 rings (SSSR count). The van der Waals surface area contributed by atoms with Gasteiger partial charge >= 0.3 is 6.03 Å². The highest BCUT2D eigenvalue weighted by atomic mass is 19.2. The van der Waals surface area contributed by atoms with Crippen LogP contribution in [0.15, 0.2) is 36.7 Å². The van der Waals surface area contributed by atoms with E-state index in [-0.39, 0.29) is 5.69 Å². The molecule has 1 aliphatic heterocycles. The highest BCUT2D eigenvalue weighted by molar-refractivity contribution is 5.89. The van der Waals surface area contributed by atoms with E-state index in [1.807, 2.05) is 18.2 Å². The van der Waals surface area contributed by atoms with Gasteiger partial charge in [-0.1, -0.05) is 6.07 Å². The lowest BCUT2D eigenvalue weighted by Gasteiger charge is -2.31. The van der Waals surface area contributed by atoms with Crippen LogP contribution < -0.4 is 5.32 Å². The van der Waals surface area contributed by atoms with Gasteiger partial charge in [0.15, 0.2) is 0 Å². The van der Waals surface area contributed by atoms with Crippen LogP contribution in [0, 0.1) is 11.8 Å². The summed E-state index contributed by atoms with van der Waals surface area (Å²) in [4.78, 5) is 21.3. The summed E-state index contributed by atoms with van der Waals surface area (Å²) in [6.07, 6.45) is 4.45. The van der Waals surface area contributed by atoms with Crippen LogP contribution in [0.25, 0.3) is 0 Å². The first-order valence-electron chi connectivity index (χ1n) is 7.42. The number of likely N-dealkylation sites (tertiary alicyclic amines) is 1. The van der Waals surface area contributed by atoms with Crippen molar-refractivity contribution in [1.82, 2.24) is 14.9 Å². The molecule has 23 heavy (non-hydrogen) atoms. The predicted octanol–water partition coefficient (Wildman–Crippen LogP) is 3.17. The lowest BCUT2D eigenvalue weighted by Crippen LogP contribution is -2.40. The van der Waals surface area contributed by atoms with Crippen LogP contribution in [0.5, 0.6) is 0 Å². The van der Waals surface area contributed by atoms with Crippen molar-refractivity contribution in [2.45, 2.75) is 18.8 Å². The normalized spacial score (nSPS) is 15.5. The van der Waals surface area contributed by atoms with Gasteiger partial charge in [-0.15, -0.1) is 0 Å². The van der Waals surface area contributed by atoms with Crippen molar-refractivity contribution in [3.8, 4) is 0 Å². The van der Waals surface area contributed by atoms with E-state index in [0.29, 0.717) is 19.0 Å². The van der Waals surface area contributed by atoms with Gasteiger partial charge in [0.05, 0.1) is 5.69 Å². The molecule has 1 saturated heterocycles. The maximum absolute atomic E-state index is 13.5. The molecule has 0 atom stereocenters. The molecule has 0 saturated carbocycles. The standard InChI is InChI=1S/C16H16F2N4O/c17-14-13(4-8-20-15(14)18)21-16(23)22-9-5-11(6-10-22)12-3-1-2-7-19-12/h1-4,7-8,11H,5-6,9-10H2,(H,20,21,23). The lowest BCUT2D eigenvalue weighted by atomic mass is 9.93. The van der Waals surface area contributed by atoms with Gasteiger partial charge in [0.2, 0.25) is 5.82 Å². The molecule has 2 aromatic rings. The third-order valence-electron chi connectivity index (χ3n) is 3.98. The largest absolute Gasteiger partial charge is 0.324 e. The second-order valence-electron chi connectivity index (χ2n) is 5.41. The fourth-order valence-electron chi connectivity index (χ4n) is 2.70. The minimum absolute atomic E-state index is 0.200. The van der Waals surface area contributed by atoms with Crippen LogP contribution in [-0.4, -0.2) is 34.0 Å². The van der Waals surface area contributed by atoms with E-state index < -0.39 is 17.8 Å². The summed E-state index contributed by atoms with van der Waals surface area (Å²) in [7, 11) is 0. The Bertz CT molecular complexity index is 688. The monoisotopic (exact) mass is 318 g/mol. The Balaban J connectivity index is 1.59. The van der Waals surface area contributed by atoms with Crippen molar-refractivity contribution >= 4 is 11.7 Å². The molecule has 120 valence electrons. The summed E-state index contributed by atoms with van der Waals surface area (Å²) < 4.78 is 26.6. The topological polar surface area (TPSA) is 58.1 Å². The molecule has 0 spiro atoms. The molecule has 2 aromatic heterocycles. The minimum atomic E-state index is -1.23. The second kappa shape index (κ2) is 6.68. The Morgan fingerprint density at radius 1 is 1.13 bits per heavy atom. The Morgan fingerprint density at radius 3 is 2.61 bits per heavy atom. The summed E-state index contributed by atoms with van der Waals surface area (Å²) in [5.74, 6) is -2.06. The van der Waals surface area contributed by atoms with Gasteiger partial charge in [-0.25, -0.2) is 9.78 Å². The number of anilines is 1. The lowest BCUT2D eigenvalue weighted by molar-refractivity contribution is 0.194. The van der Waals surface area contributed by atoms with Gasteiger partial charge in [0, 0.05) is 37.1 Å². The molecule has 7 heteroatoms. The molecule has 0 unspecified atom stereocenters. The van der Waals surface area contributed by atoms with Gasteiger partial charge in [-0.05, 0) is 31.0 Å². The Kier molecular flexibility index (Phi) is 4.45. The van der Waals surface area contributed by atoms with Crippen LogP contribution in [0.2, 0.25) is 0 Å². The summed E-state index contributed by atoms with van der Waals surface area (Å²) in [6.45, 7) is 1.09. The van der Waals surface area contributed by atoms with Crippen LogP contribution in [0.4, 0.5) is 19.3 Å². The Labute approximate surface area is 132 Å². The SMILES string of the molecule is O=C(Nc1ccnc(F)c1F)N1CCC(c2ccccn2)CC1. The number of pyridine rings is 2. The van der Waals surface area contributed by atoms with E-state index in [9.17, 15) is 13.6 Å². The van der Waals surface area contributed by atoms with E-state index in [0.717, 1.165) is 24.7 Å². The molecule has 0 aliphatic carbocycles. The highest BCUT2D eigenvalue weighted by Gasteiger charge is 2.25. The maximum atomic E-state index is 13.5. The summed E-state index contributed by atoms with van der Waals surface area (Å²) in [5, 5.41) is 2.39. The molecule has 3 heterocycles. The van der Waals surface area contributed by atoms with Crippen LogP contribution >= 0.6 is 0 Å². The summed E-state index contributed by atoms with van der Waals surface area (Å²) >= 11 is 0. The third-order valence-corrected chi connectivity index (χ3v) is 3.98. The van der Waals surface area contributed by atoms with Gasteiger partial charge < -0.3 is 10.2 Å². The summed E-state index contributed by atoms with van der Waals surface area (Å²) in [5.41, 5.74) is 0.823. The molecule has 1 aliphatic rings. The zero-order valence-electron chi connectivity index (χ0n) is 12.4. The van der Waals surface area contributed by atoms with Crippen molar-refractivity contribution in [3.63, 3.8) is 0 Å². The number of urea groups is 1. The van der Waals surface area contributed by atoms with Gasteiger partial charge in [0.1, 0.15) is 0 Å². The maximum Gasteiger partial charge on any atom is 0.321 e. The van der Waals surface area contributed by atoms with Crippen LogP contribution in [-0.2, 0) is 0 Å². The zero-order valence-corrected chi connectivity index (χ0v) is 12.4. The second-order valence-corrected chi connectivity index (χ2v) is 5.41. The molecular formula is C16H16F2N4O. The minimum Gasteiger partial charge on any atom is -0.324 e. The number of hydrogen-bond donors (Lipinski definition) is 1. The van der Waals surface area contributed by atoms with E-state index in [2.05, 4.69) is 15.3 Å². The molecule has 0 bridgehead atoms. The first-order valence-corrected chi connectivity index (χ1v) is 7.42. The average molecular weight is 318 g/mol. The smallest absolute Gasteiger partial charge is 0.321 e. The number of carbonyl (C=O) groups excluding carboxylic acids is 1. The van der Waals surface area contributed by atoms with E-state index in [4.69, 9.17) is 0 Å². The number of aromatic nitrogens is 2. The number of nitrogens with zero attached hydrogens (tertiary/aromatic N) is 3. The van der Waals surface area contributed by atoms with E-state index >= 15 is 0 Å². The zero-order chi connectivity index (χ0) is 16.2. The number of hydrogen-bond acceptors (Lipinski definition) is 3. The fraction of sp³-hybridized carbons (Fsp3) is 0.312. The number of rotatable bonds is 2. The number of piperidine rings is 1. The quantitative estimate of drug-likeness (QED) is 0.865. The first kappa shape index (κ1) is 15.3. The van der Waals surface area contributed by atoms with Crippen LogP contribution in [0.1, 0.15) is 24.5 Å². The van der Waals surface area contributed by atoms with Gasteiger partial charge in [0.25, 0.3) is 5.95 Å². The van der Waals surface area contributed by atoms with Crippen molar-refractivity contribution in [2.75, 3.05) is 18.4 Å². The number of nitrogens with one attached hydrogen (secondary N) is 1. The Hall–Kier alpha value is -2.57. The van der Waals surface area contributed by atoms with E-state index in [1.54, 1.807) is 11.1 Å². The van der Waals surface area contributed by atoms with E-state index in [1.165, 1.54) is 6.07 Å². The molecular weight excluding hydrogens is 302 g/mol. The molecule has 5 nitrogen and oxygen atoms in total. The van der Waals surface area contributed by atoms with Crippen molar-refractivity contribution < 1.29 is 13.6 Å². The Morgan fingerprint density at radius 2 is 1.91 bits per heavy atom. The molecule has 0 radical (unpaired) electrons. The van der Waals surface area contributed by atoms with Crippen molar-refractivity contribution in [3.05, 3.63) is 54.1 Å². The molecule has 2 amide bonds. The molecule has 0 aromatic carbocycles. The van der Waals surface area contributed by atoms with Crippen LogP contribution in [0.3, 0.4) is 0 Å². The highest BCUT2D eigenvalue weighted by Crippen LogP contribution is 2.26. The third kappa shape index (κ3) is 3.44. The number of halogens is 2. The molecule has 1 fully saturated rings. The van der Waals surface area contributed by atoms with Crippen molar-refractivity contribution in [2.24, 2.45) is 0 Å². The van der Waals surface area contributed by atoms with Crippen molar-refractivity contribution in [1.29, 1.82) is 0 Å². The predicted molar refractivity (Wildman–Crippen MR) is 81.0 cm³/mol.